The van der Waals surface area contributed by atoms with E-state index < -0.39 is 11.9 Å². The topological polar surface area (TPSA) is 95.9 Å². The molecule has 0 bridgehead atoms. The van der Waals surface area contributed by atoms with Crippen molar-refractivity contribution in [2.75, 3.05) is 12.4 Å². The number of aromatic hydroxyl groups is 1. The second-order valence-electron chi connectivity index (χ2n) is 4.72. The molecule has 2 aromatic rings. The number of carboxylic acids is 1. The van der Waals surface area contributed by atoms with E-state index in [0.29, 0.717) is 16.3 Å². The first-order valence-corrected chi connectivity index (χ1v) is 6.97. The highest BCUT2D eigenvalue weighted by Gasteiger charge is 2.15. The number of halogens is 1. The number of ether oxygens (including phenoxy) is 1. The summed E-state index contributed by atoms with van der Waals surface area (Å²) in [5.74, 6) is -1.39. The van der Waals surface area contributed by atoms with Gasteiger partial charge in [-0.1, -0.05) is 17.7 Å². The van der Waals surface area contributed by atoms with E-state index >= 15 is 0 Å². The Kier molecular flexibility index (Phi) is 5.08. The van der Waals surface area contributed by atoms with Crippen LogP contribution in [0.15, 0.2) is 36.4 Å². The van der Waals surface area contributed by atoms with E-state index in [1.54, 1.807) is 12.1 Å². The molecule has 120 valence electrons. The fraction of sp³-hybridized carbons (Fsp3) is 0.125. The fourth-order valence-corrected chi connectivity index (χ4v) is 2.19. The van der Waals surface area contributed by atoms with Crippen molar-refractivity contribution in [1.29, 1.82) is 0 Å². The van der Waals surface area contributed by atoms with E-state index in [-0.39, 0.29) is 23.4 Å². The predicted octanol–water partition coefficient (Wildman–Crippen LogP) is 2.93. The van der Waals surface area contributed by atoms with Crippen molar-refractivity contribution in [3.8, 4) is 11.5 Å². The van der Waals surface area contributed by atoms with Crippen molar-refractivity contribution in [3.05, 3.63) is 52.5 Å². The zero-order valence-electron chi connectivity index (χ0n) is 12.2. The molecule has 0 aliphatic heterocycles. The number of aliphatic carboxylic acids is 1. The van der Waals surface area contributed by atoms with Crippen LogP contribution in [0.4, 0.5) is 5.69 Å². The van der Waals surface area contributed by atoms with Crippen LogP contribution in [0.5, 0.6) is 11.5 Å². The molecule has 0 aromatic heterocycles. The molecule has 0 unspecified atom stereocenters. The molecule has 0 spiro atoms. The van der Waals surface area contributed by atoms with Crippen LogP contribution in [0.1, 0.15) is 15.9 Å². The lowest BCUT2D eigenvalue weighted by Crippen LogP contribution is -2.13. The first-order valence-electron chi connectivity index (χ1n) is 6.59. The van der Waals surface area contributed by atoms with Crippen LogP contribution in [0.3, 0.4) is 0 Å². The molecule has 23 heavy (non-hydrogen) atoms. The number of benzene rings is 2. The molecule has 0 aliphatic carbocycles. The molecule has 3 N–H and O–H groups in total. The third-order valence-corrected chi connectivity index (χ3v) is 3.31. The molecule has 0 saturated carbocycles. The van der Waals surface area contributed by atoms with Gasteiger partial charge in [0.05, 0.1) is 24.8 Å². The van der Waals surface area contributed by atoms with Crippen molar-refractivity contribution in [3.63, 3.8) is 0 Å². The summed E-state index contributed by atoms with van der Waals surface area (Å²) in [5.41, 5.74) is 0.752. The van der Waals surface area contributed by atoms with Crippen LogP contribution in [0, 0.1) is 0 Å². The lowest BCUT2D eigenvalue weighted by molar-refractivity contribution is -0.136. The molecule has 0 fully saturated rings. The zero-order valence-corrected chi connectivity index (χ0v) is 12.9. The Balaban J connectivity index is 2.30. The zero-order chi connectivity index (χ0) is 17.0. The molecule has 2 aromatic carbocycles. The summed E-state index contributed by atoms with van der Waals surface area (Å²) in [4.78, 5) is 23.1. The van der Waals surface area contributed by atoms with E-state index in [4.69, 9.17) is 21.4 Å². The monoisotopic (exact) mass is 335 g/mol. The quantitative estimate of drug-likeness (QED) is 0.730. The van der Waals surface area contributed by atoms with Crippen molar-refractivity contribution < 1.29 is 24.5 Å². The number of phenols is 1. The first kappa shape index (κ1) is 16.6. The maximum Gasteiger partial charge on any atom is 0.307 e. The Morgan fingerprint density at radius 1 is 1.22 bits per heavy atom. The molecule has 0 saturated heterocycles. The van der Waals surface area contributed by atoms with Gasteiger partial charge in [-0.05, 0) is 35.9 Å². The Bertz CT molecular complexity index is 760. The van der Waals surface area contributed by atoms with E-state index in [2.05, 4.69) is 5.32 Å². The van der Waals surface area contributed by atoms with Crippen molar-refractivity contribution in [1.82, 2.24) is 0 Å². The smallest absolute Gasteiger partial charge is 0.307 e. The highest BCUT2D eigenvalue weighted by Crippen LogP contribution is 2.28. The van der Waals surface area contributed by atoms with Crippen LogP contribution >= 0.6 is 11.6 Å². The third kappa shape index (κ3) is 4.14. The molecule has 0 heterocycles. The van der Waals surface area contributed by atoms with Gasteiger partial charge in [-0.2, -0.15) is 0 Å². The van der Waals surface area contributed by atoms with Gasteiger partial charge in [-0.25, -0.2) is 0 Å². The third-order valence-electron chi connectivity index (χ3n) is 3.07. The minimum Gasteiger partial charge on any atom is -0.506 e. The highest BCUT2D eigenvalue weighted by molar-refractivity contribution is 6.31. The number of carbonyl (C=O) groups is 2. The Morgan fingerprint density at radius 3 is 2.61 bits per heavy atom. The summed E-state index contributed by atoms with van der Waals surface area (Å²) in [6.45, 7) is 0. The molecule has 2 rings (SSSR count). The van der Waals surface area contributed by atoms with Gasteiger partial charge in [0.25, 0.3) is 5.91 Å². The average Bonchev–Trinajstić information content (AvgIpc) is 2.50. The van der Waals surface area contributed by atoms with Crippen molar-refractivity contribution >= 4 is 29.2 Å². The Morgan fingerprint density at radius 2 is 1.96 bits per heavy atom. The molecule has 0 aliphatic rings. The van der Waals surface area contributed by atoms with Crippen LogP contribution in [-0.4, -0.2) is 29.2 Å². The van der Waals surface area contributed by atoms with Gasteiger partial charge in [0, 0.05) is 5.02 Å². The number of hydrogen-bond donors (Lipinski definition) is 3. The number of phenolic OH excluding ortho intramolecular Hbond substituents is 1. The normalized spacial score (nSPS) is 10.2. The number of methoxy groups -OCH3 is 1. The average molecular weight is 336 g/mol. The van der Waals surface area contributed by atoms with Crippen LogP contribution < -0.4 is 10.1 Å². The summed E-state index contributed by atoms with van der Waals surface area (Å²) in [6.07, 6.45) is -0.219. The number of carboxylic acid groups (broad SMARTS) is 1. The summed E-state index contributed by atoms with van der Waals surface area (Å²) in [5, 5.41) is 21.5. The molecule has 6 nitrogen and oxygen atoms in total. The maximum atomic E-state index is 12.4. The first-order chi connectivity index (χ1) is 10.9. The minimum atomic E-state index is -1.01. The molecular weight excluding hydrogens is 322 g/mol. The van der Waals surface area contributed by atoms with Crippen molar-refractivity contribution in [2.45, 2.75) is 6.42 Å². The van der Waals surface area contributed by atoms with E-state index in [1.165, 1.54) is 31.4 Å². The maximum absolute atomic E-state index is 12.4. The largest absolute Gasteiger partial charge is 0.506 e. The second-order valence-corrected chi connectivity index (χ2v) is 5.16. The van der Waals surface area contributed by atoms with Crippen LogP contribution in [0.2, 0.25) is 5.02 Å². The SMILES string of the molecule is COc1ccc(Cl)cc1C(=O)Nc1cc(CC(=O)O)ccc1O. The van der Waals surface area contributed by atoms with Gasteiger partial charge in [0.2, 0.25) is 0 Å². The van der Waals surface area contributed by atoms with Gasteiger partial charge in [-0.3, -0.25) is 9.59 Å². The number of hydrogen-bond acceptors (Lipinski definition) is 4. The number of anilines is 1. The number of rotatable bonds is 5. The molecule has 0 atom stereocenters. The molecule has 0 radical (unpaired) electrons. The second kappa shape index (κ2) is 7.02. The lowest BCUT2D eigenvalue weighted by Gasteiger charge is -2.11. The molecule has 7 heteroatoms. The lowest BCUT2D eigenvalue weighted by atomic mass is 10.1. The van der Waals surface area contributed by atoms with Crippen LogP contribution in [-0.2, 0) is 11.2 Å². The Labute approximate surface area is 137 Å². The number of amides is 1. The number of nitrogens with one attached hydrogen (secondary N) is 1. The summed E-state index contributed by atoms with van der Waals surface area (Å²) < 4.78 is 5.11. The predicted molar refractivity (Wildman–Crippen MR) is 85.4 cm³/mol. The van der Waals surface area contributed by atoms with E-state index in [1.807, 2.05) is 0 Å². The summed E-state index contributed by atoms with van der Waals surface area (Å²) in [7, 11) is 1.42. The standard InChI is InChI=1S/C16H14ClNO5/c1-23-14-5-3-10(17)8-11(14)16(22)18-12-6-9(7-15(20)21)2-4-13(12)19/h2-6,8,19H,7H2,1H3,(H,18,22)(H,20,21). The van der Waals surface area contributed by atoms with Crippen LogP contribution in [0.25, 0.3) is 0 Å². The van der Waals surface area contributed by atoms with E-state index in [0.717, 1.165) is 0 Å². The summed E-state index contributed by atoms with van der Waals surface area (Å²) in [6, 6.07) is 8.77. The fourth-order valence-electron chi connectivity index (χ4n) is 2.02. The van der Waals surface area contributed by atoms with E-state index in [9.17, 15) is 14.7 Å². The summed E-state index contributed by atoms with van der Waals surface area (Å²) >= 11 is 5.88. The van der Waals surface area contributed by atoms with Gasteiger partial charge < -0.3 is 20.3 Å². The minimum absolute atomic E-state index is 0.107. The molecular formula is C16H14ClNO5. The number of carbonyl (C=O) groups excluding carboxylic acids is 1. The van der Waals surface area contributed by atoms with Gasteiger partial charge >= 0.3 is 5.97 Å². The Hall–Kier alpha value is -2.73. The highest BCUT2D eigenvalue weighted by atomic mass is 35.5. The van der Waals surface area contributed by atoms with Gasteiger partial charge in [-0.15, -0.1) is 0 Å². The van der Waals surface area contributed by atoms with Gasteiger partial charge in [0.15, 0.2) is 0 Å². The van der Waals surface area contributed by atoms with Gasteiger partial charge in [0.1, 0.15) is 11.5 Å². The van der Waals surface area contributed by atoms with Crippen molar-refractivity contribution in [2.24, 2.45) is 0 Å². The molecule has 1 amide bonds.